The van der Waals surface area contributed by atoms with Crippen molar-refractivity contribution >= 4 is 33.9 Å². The summed E-state index contributed by atoms with van der Waals surface area (Å²) in [4.78, 5) is 5.04. The lowest BCUT2D eigenvalue weighted by atomic mass is 10.1. The normalized spacial score (nSPS) is 16.2. The number of nitrogens with two attached hydrogens (primary N) is 1. The molecule has 1 aliphatic heterocycles. The summed E-state index contributed by atoms with van der Waals surface area (Å²) >= 11 is 5.15. The molecule has 0 atom stereocenters. The number of rotatable bonds is 3. The maximum atomic E-state index is 5.84. The number of hydrogen-bond acceptors (Lipinski definition) is 4. The van der Waals surface area contributed by atoms with Crippen LogP contribution in [0.25, 0.3) is 10.9 Å². The van der Waals surface area contributed by atoms with E-state index in [2.05, 4.69) is 10.3 Å². The Hall–Kier alpha value is -1.72. The molecule has 0 radical (unpaired) electrons. The van der Waals surface area contributed by atoms with Crippen LogP contribution >= 0.6 is 12.2 Å². The summed E-state index contributed by atoms with van der Waals surface area (Å²) in [6.45, 7) is 1.57. The number of hydrogen-bond donors (Lipinski definition) is 2. The molecule has 1 aliphatic rings. The first-order valence-electron chi connectivity index (χ1n) is 6.78. The van der Waals surface area contributed by atoms with Gasteiger partial charge in [0.1, 0.15) is 10.8 Å². The van der Waals surface area contributed by atoms with E-state index >= 15 is 0 Å². The van der Waals surface area contributed by atoms with Gasteiger partial charge in [-0.15, -0.1) is 0 Å². The molecule has 0 amide bonds. The third-order valence-electron chi connectivity index (χ3n) is 3.55. The second-order valence-corrected chi connectivity index (χ2v) is 5.41. The summed E-state index contributed by atoms with van der Waals surface area (Å²) in [5.41, 5.74) is 7.59. The molecule has 4 nitrogen and oxygen atoms in total. The fourth-order valence-electron chi connectivity index (χ4n) is 2.45. The van der Waals surface area contributed by atoms with Gasteiger partial charge < -0.3 is 15.8 Å². The number of benzene rings is 1. The van der Waals surface area contributed by atoms with Crippen molar-refractivity contribution in [2.75, 3.05) is 18.5 Å². The Balaban J connectivity index is 1.98. The molecule has 5 heteroatoms. The molecule has 0 bridgehead atoms. The molecule has 20 heavy (non-hydrogen) atoms. The predicted octanol–water partition coefficient (Wildman–Crippen LogP) is 2.46. The molecule has 1 aromatic carbocycles. The highest BCUT2D eigenvalue weighted by molar-refractivity contribution is 7.80. The van der Waals surface area contributed by atoms with Crippen LogP contribution in [0.15, 0.2) is 30.3 Å². The number of pyridine rings is 1. The van der Waals surface area contributed by atoms with Crippen molar-refractivity contribution in [3.63, 3.8) is 0 Å². The van der Waals surface area contributed by atoms with Crippen LogP contribution in [0.2, 0.25) is 0 Å². The molecule has 1 saturated heterocycles. The Morgan fingerprint density at radius 1 is 1.30 bits per heavy atom. The second-order valence-electron chi connectivity index (χ2n) is 4.97. The molecule has 2 aromatic rings. The fourth-order valence-corrected chi connectivity index (χ4v) is 2.60. The Kier molecular flexibility index (Phi) is 3.80. The van der Waals surface area contributed by atoms with Crippen LogP contribution in [0.3, 0.4) is 0 Å². The van der Waals surface area contributed by atoms with E-state index < -0.39 is 0 Å². The minimum atomic E-state index is 0.366. The van der Waals surface area contributed by atoms with Gasteiger partial charge in [-0.05, 0) is 25.0 Å². The van der Waals surface area contributed by atoms with Crippen LogP contribution in [-0.4, -0.2) is 29.2 Å². The third-order valence-corrected chi connectivity index (χ3v) is 3.77. The summed E-state index contributed by atoms with van der Waals surface area (Å²) in [5, 5.41) is 4.51. The molecule has 0 unspecified atom stereocenters. The highest BCUT2D eigenvalue weighted by Gasteiger charge is 2.17. The van der Waals surface area contributed by atoms with Gasteiger partial charge in [0.15, 0.2) is 0 Å². The molecule has 104 valence electrons. The molecule has 3 rings (SSSR count). The fraction of sp³-hybridized carbons (Fsp3) is 0.333. The monoisotopic (exact) mass is 287 g/mol. The van der Waals surface area contributed by atoms with Gasteiger partial charge in [-0.1, -0.05) is 30.4 Å². The third kappa shape index (κ3) is 2.73. The maximum Gasteiger partial charge on any atom is 0.137 e. The van der Waals surface area contributed by atoms with Crippen molar-refractivity contribution in [1.29, 1.82) is 0 Å². The minimum Gasteiger partial charge on any atom is -0.389 e. The van der Waals surface area contributed by atoms with Gasteiger partial charge in [-0.3, -0.25) is 0 Å². The van der Waals surface area contributed by atoms with Crippen molar-refractivity contribution in [3.8, 4) is 0 Å². The lowest BCUT2D eigenvalue weighted by Crippen LogP contribution is -2.29. The van der Waals surface area contributed by atoms with Crippen LogP contribution in [0.1, 0.15) is 18.4 Å². The molecular formula is C15H17N3OS. The summed E-state index contributed by atoms with van der Waals surface area (Å²) in [5.74, 6) is 0.781. The number of para-hydroxylation sites is 1. The zero-order chi connectivity index (χ0) is 13.9. The highest BCUT2D eigenvalue weighted by atomic mass is 32.1. The van der Waals surface area contributed by atoms with Gasteiger partial charge in [-0.25, -0.2) is 4.98 Å². The lowest BCUT2D eigenvalue weighted by molar-refractivity contribution is 0.0904. The van der Waals surface area contributed by atoms with Crippen molar-refractivity contribution in [2.45, 2.75) is 18.9 Å². The van der Waals surface area contributed by atoms with Gasteiger partial charge in [0.05, 0.1) is 11.1 Å². The zero-order valence-corrected chi connectivity index (χ0v) is 12.0. The van der Waals surface area contributed by atoms with Crippen molar-refractivity contribution in [3.05, 3.63) is 35.9 Å². The molecule has 0 aliphatic carbocycles. The van der Waals surface area contributed by atoms with E-state index in [4.69, 9.17) is 22.7 Å². The molecular weight excluding hydrogens is 270 g/mol. The van der Waals surface area contributed by atoms with Crippen LogP contribution in [0.5, 0.6) is 0 Å². The van der Waals surface area contributed by atoms with Crippen LogP contribution in [0, 0.1) is 0 Å². The van der Waals surface area contributed by atoms with E-state index in [-0.39, 0.29) is 0 Å². The number of ether oxygens (including phenoxy) is 1. The predicted molar refractivity (Wildman–Crippen MR) is 85.1 cm³/mol. The van der Waals surface area contributed by atoms with Crippen LogP contribution in [-0.2, 0) is 4.74 Å². The molecule has 1 fully saturated rings. The number of nitrogens with zero attached hydrogens (tertiary/aromatic N) is 1. The van der Waals surface area contributed by atoms with Gasteiger partial charge in [-0.2, -0.15) is 0 Å². The van der Waals surface area contributed by atoms with Gasteiger partial charge in [0.25, 0.3) is 0 Å². The topological polar surface area (TPSA) is 60.2 Å². The smallest absolute Gasteiger partial charge is 0.137 e. The average molecular weight is 287 g/mol. The second kappa shape index (κ2) is 5.73. The number of thiocarbonyl (C=S) groups is 1. The van der Waals surface area contributed by atoms with E-state index in [1.807, 2.05) is 30.3 Å². The summed E-state index contributed by atoms with van der Waals surface area (Å²) in [6, 6.07) is 10.3. The molecule has 3 N–H and O–H groups in total. The molecule has 0 spiro atoms. The Bertz CT molecular complexity index is 638. The van der Waals surface area contributed by atoms with Crippen LogP contribution in [0.4, 0.5) is 5.82 Å². The van der Waals surface area contributed by atoms with E-state index in [0.29, 0.717) is 11.0 Å². The Labute approximate surface area is 123 Å². The molecule has 0 saturated carbocycles. The first-order valence-corrected chi connectivity index (χ1v) is 7.19. The van der Waals surface area contributed by atoms with E-state index in [1.54, 1.807) is 0 Å². The number of aromatic nitrogens is 1. The summed E-state index contributed by atoms with van der Waals surface area (Å²) in [6.07, 6.45) is 1.95. The van der Waals surface area contributed by atoms with E-state index in [9.17, 15) is 0 Å². The highest BCUT2D eigenvalue weighted by Crippen LogP contribution is 2.22. The standard InChI is InChI=1S/C15H17N3OS/c16-14(20)12-9-10-3-1-2-4-13(10)18-15(12)17-11-5-7-19-8-6-11/h1-4,9,11H,5-8H2,(H2,16,20)(H,17,18). The maximum absolute atomic E-state index is 5.84. The van der Waals surface area contributed by atoms with Crippen molar-refractivity contribution in [1.82, 2.24) is 4.98 Å². The first-order chi connectivity index (χ1) is 9.74. The Morgan fingerprint density at radius 3 is 2.80 bits per heavy atom. The summed E-state index contributed by atoms with van der Waals surface area (Å²) < 4.78 is 5.37. The van der Waals surface area contributed by atoms with E-state index in [0.717, 1.165) is 48.3 Å². The zero-order valence-electron chi connectivity index (χ0n) is 11.1. The van der Waals surface area contributed by atoms with Crippen molar-refractivity contribution in [2.24, 2.45) is 5.73 Å². The first kappa shape index (κ1) is 13.3. The lowest BCUT2D eigenvalue weighted by Gasteiger charge is -2.24. The average Bonchev–Trinajstić information content (AvgIpc) is 2.47. The van der Waals surface area contributed by atoms with Gasteiger partial charge in [0.2, 0.25) is 0 Å². The largest absolute Gasteiger partial charge is 0.389 e. The molecule has 2 heterocycles. The van der Waals surface area contributed by atoms with Crippen molar-refractivity contribution < 1.29 is 4.74 Å². The van der Waals surface area contributed by atoms with Crippen LogP contribution < -0.4 is 11.1 Å². The summed E-state index contributed by atoms with van der Waals surface area (Å²) in [7, 11) is 0. The van der Waals surface area contributed by atoms with E-state index in [1.165, 1.54) is 0 Å². The Morgan fingerprint density at radius 2 is 2.05 bits per heavy atom. The number of fused-ring (bicyclic) bond motifs is 1. The quantitative estimate of drug-likeness (QED) is 0.849. The SMILES string of the molecule is NC(=S)c1cc2ccccc2nc1NC1CCOCC1. The minimum absolute atomic E-state index is 0.366. The van der Waals surface area contributed by atoms with Gasteiger partial charge in [0, 0.05) is 24.6 Å². The van der Waals surface area contributed by atoms with Gasteiger partial charge >= 0.3 is 0 Å². The number of nitrogens with one attached hydrogen (secondary N) is 1. The number of anilines is 1. The molecule has 1 aromatic heterocycles.